The third kappa shape index (κ3) is 12.8. The van der Waals surface area contributed by atoms with Gasteiger partial charge in [0, 0.05) is 0 Å². The Balaban J connectivity index is 0.000000140. The normalized spacial score (nSPS) is 19.2. The van der Waals surface area contributed by atoms with E-state index in [1.165, 1.54) is 0 Å². The maximum atomic E-state index is 13.7. The number of ketones is 3. The van der Waals surface area contributed by atoms with Crippen LogP contribution in [0.25, 0.3) is 0 Å². The van der Waals surface area contributed by atoms with Crippen LogP contribution < -0.4 is 13.4 Å². The molecule has 12 nitrogen and oxygen atoms in total. The Morgan fingerprint density at radius 3 is 0.726 bits per heavy atom. The molecule has 3 aliphatic carbocycles. The summed E-state index contributed by atoms with van der Waals surface area (Å²) in [4.78, 5) is 75.1. The van der Waals surface area contributed by atoms with Crippen LogP contribution in [0.1, 0.15) is 82.2 Å². The van der Waals surface area contributed by atoms with Gasteiger partial charge in [0.05, 0.1) is 0 Å². The minimum atomic E-state index is -0.799. The monoisotopic (exact) mass is 1310 g/mol. The zero-order valence-corrected chi connectivity index (χ0v) is 50.6. The summed E-state index contributed by atoms with van der Waals surface area (Å²) in [7, 11) is 0. The molecule has 6 atom stereocenters. The number of Topliss-reactive ketones (excluding diaryl/α,β-unsaturated/α-hetero) is 3. The topological polar surface area (TPSA) is 181 Å². The first kappa shape index (κ1) is 58.9. The molecular formula is C69H57N3O9Se3. The van der Waals surface area contributed by atoms with Gasteiger partial charge in [0.15, 0.2) is 0 Å². The van der Waals surface area contributed by atoms with Gasteiger partial charge in [0.2, 0.25) is 0 Å². The van der Waals surface area contributed by atoms with E-state index in [1.54, 1.807) is 0 Å². The van der Waals surface area contributed by atoms with Crippen molar-refractivity contribution in [2.24, 2.45) is 0 Å². The van der Waals surface area contributed by atoms with Gasteiger partial charge in [-0.3, -0.25) is 0 Å². The first-order chi connectivity index (χ1) is 40.8. The van der Waals surface area contributed by atoms with Crippen LogP contribution in [0.5, 0.6) is 0 Å². The Kier molecular flexibility index (Phi) is 18.6. The molecule has 9 aromatic carbocycles. The molecule has 0 saturated carbocycles. The van der Waals surface area contributed by atoms with Gasteiger partial charge in [-0.2, -0.15) is 0 Å². The van der Waals surface area contributed by atoms with Crippen molar-refractivity contribution in [1.29, 1.82) is 0 Å². The van der Waals surface area contributed by atoms with E-state index in [0.29, 0.717) is 36.0 Å². The summed E-state index contributed by atoms with van der Waals surface area (Å²) in [6, 6.07) is 81.1. The Morgan fingerprint density at radius 2 is 0.512 bits per heavy atom. The fraction of sp³-hybridized carbons (Fsp3) is 0.174. The van der Waals surface area contributed by atoms with E-state index < -0.39 is 30.7 Å². The number of nitrogens with zero attached hydrogens (tertiary/aromatic N) is 3. The van der Waals surface area contributed by atoms with Gasteiger partial charge in [-0.1, -0.05) is 0 Å². The van der Waals surface area contributed by atoms with Crippen molar-refractivity contribution in [3.05, 3.63) is 335 Å². The average molecular weight is 1310 g/mol. The first-order valence-electron chi connectivity index (χ1n) is 27.4. The third-order valence-electron chi connectivity index (χ3n) is 15.7. The van der Waals surface area contributed by atoms with Crippen molar-refractivity contribution >= 4 is 75.6 Å². The summed E-state index contributed by atoms with van der Waals surface area (Å²) >= 11 is -0.747. The molecule has 0 spiro atoms. The molecule has 0 bridgehead atoms. The van der Waals surface area contributed by atoms with Crippen LogP contribution in [0, 0.1) is 30.3 Å². The summed E-state index contributed by atoms with van der Waals surface area (Å²) in [5.41, 5.74) is 7.70. The molecule has 0 aliphatic heterocycles. The van der Waals surface area contributed by atoms with Crippen molar-refractivity contribution in [3.8, 4) is 0 Å². The van der Waals surface area contributed by atoms with Crippen molar-refractivity contribution in [1.82, 2.24) is 0 Å². The van der Waals surface area contributed by atoms with Crippen molar-refractivity contribution < 1.29 is 29.2 Å². The molecule has 0 saturated heterocycles. The van der Waals surface area contributed by atoms with Gasteiger partial charge in [-0.25, -0.2) is 0 Å². The average Bonchev–Trinajstić information content (AvgIpc) is 2.51. The van der Waals surface area contributed by atoms with Gasteiger partial charge in [0.25, 0.3) is 0 Å². The van der Waals surface area contributed by atoms with Crippen LogP contribution in [0.15, 0.2) is 255 Å². The Labute approximate surface area is 506 Å². The number of hydrogen-bond donors (Lipinski definition) is 0. The maximum absolute atomic E-state index is 13.7. The number of hydrogen-bond acceptors (Lipinski definition) is 9. The number of carbonyl (C=O) groups excluding carboxylic acids is 3. The fourth-order valence-corrected chi connectivity index (χ4v) is 21.4. The van der Waals surface area contributed by atoms with Crippen LogP contribution in [0.2, 0.25) is 12.9 Å². The molecule has 84 heavy (non-hydrogen) atoms. The Bertz CT molecular complexity index is 3420. The molecule has 0 N–H and O–H groups in total. The molecule has 0 amide bonds. The molecular weight excluding hydrogens is 1250 g/mol. The van der Waals surface area contributed by atoms with Gasteiger partial charge < -0.3 is 0 Å². The fourth-order valence-electron chi connectivity index (χ4n) is 11.9. The predicted octanol–water partition coefficient (Wildman–Crippen LogP) is 11.0. The second-order valence-electron chi connectivity index (χ2n) is 20.8. The number of carbonyl (C=O) groups is 3. The SMILES string of the molecule is O=C1c2ccccc2C[C@@]1([Se]c1ccccc1)[C@H](C[N+](=O)[O-])c1ccccc1.O=C1c2ccccc2C[C@@]1([Se]c1ccccc1)[C@H](C[N+](=O)[O-])c1ccccc1.O=C1c2ccccc2C[C@@]1([Se]c1ccccc1)[C@H](C[N+](=O)[O-])c1ccccc1. The van der Waals surface area contributed by atoms with E-state index >= 15 is 0 Å². The van der Waals surface area contributed by atoms with E-state index in [0.717, 1.165) is 46.8 Å². The molecule has 0 heterocycles. The summed E-state index contributed by atoms with van der Waals surface area (Å²) in [6.07, 6.45) is 1.64. The molecule has 3 aliphatic rings. The Morgan fingerprint density at radius 1 is 0.310 bits per heavy atom. The third-order valence-corrected chi connectivity index (χ3v) is 25.1. The van der Waals surface area contributed by atoms with Crippen LogP contribution in [0.4, 0.5) is 0 Å². The standard InChI is InChI=1S/3C23H19NO3Se/c3*25-22-20-14-8-7-11-18(20)15-23(22,28-19-12-5-2-6-13-19)21(16-24(26)27)17-9-3-1-4-10-17/h3*1-14,21H,15-16H2/t3*21-,23-/m111/s1. The number of benzene rings is 9. The zero-order chi connectivity index (χ0) is 58.7. The Hall–Kier alpha value is -8.25. The summed E-state index contributed by atoms with van der Waals surface area (Å²) in [5, 5.41) is 34.8. The summed E-state index contributed by atoms with van der Waals surface area (Å²) in [6.45, 7) is -0.755. The molecule has 0 aromatic heterocycles. The van der Waals surface area contributed by atoms with E-state index in [-0.39, 0.29) is 96.6 Å². The molecule has 0 fully saturated rings. The molecule has 15 heteroatoms. The second kappa shape index (κ2) is 26.5. The van der Waals surface area contributed by atoms with E-state index in [2.05, 4.69) is 0 Å². The number of nitro groups is 3. The molecule has 420 valence electrons. The van der Waals surface area contributed by atoms with Crippen LogP contribution in [-0.4, -0.2) is 96.6 Å². The molecule has 0 unspecified atom stereocenters. The summed E-state index contributed by atoms with van der Waals surface area (Å²) < 4.78 is 0.854. The zero-order valence-electron chi connectivity index (χ0n) is 45.5. The first-order valence-corrected chi connectivity index (χ1v) is 32.5. The number of fused-ring (bicyclic) bond motifs is 3. The van der Waals surface area contributed by atoms with Crippen molar-refractivity contribution in [3.63, 3.8) is 0 Å². The number of rotatable bonds is 18. The predicted molar refractivity (Wildman–Crippen MR) is 330 cm³/mol. The molecule has 12 rings (SSSR count). The van der Waals surface area contributed by atoms with Crippen LogP contribution >= 0.6 is 0 Å². The minimum absolute atomic E-state index is 0.0441. The van der Waals surface area contributed by atoms with Crippen LogP contribution in [0.3, 0.4) is 0 Å². The van der Waals surface area contributed by atoms with Gasteiger partial charge in [-0.15, -0.1) is 0 Å². The van der Waals surface area contributed by atoms with E-state index in [4.69, 9.17) is 0 Å². The van der Waals surface area contributed by atoms with E-state index in [1.807, 2.05) is 255 Å². The van der Waals surface area contributed by atoms with Crippen LogP contribution in [-0.2, 0) is 19.3 Å². The summed E-state index contributed by atoms with van der Waals surface area (Å²) in [5.74, 6) is -1.27. The van der Waals surface area contributed by atoms with Crippen molar-refractivity contribution in [2.75, 3.05) is 19.6 Å². The van der Waals surface area contributed by atoms with Gasteiger partial charge in [-0.05, 0) is 0 Å². The quantitative estimate of drug-likeness (QED) is 0.0459. The van der Waals surface area contributed by atoms with E-state index in [9.17, 15) is 44.7 Å². The van der Waals surface area contributed by atoms with Gasteiger partial charge >= 0.3 is 510 Å². The van der Waals surface area contributed by atoms with Gasteiger partial charge in [0.1, 0.15) is 0 Å². The van der Waals surface area contributed by atoms with Crippen molar-refractivity contribution in [2.45, 2.75) is 50.0 Å². The second-order valence-corrected chi connectivity index (χ2v) is 29.7. The molecule has 9 aromatic rings. The molecule has 0 radical (unpaired) electrons.